The molecule has 3 fully saturated rings. The maximum absolute atomic E-state index is 13.5. The second kappa shape index (κ2) is 12.0. The number of Topliss-reactive ketones (excluding diaryl/α,β-unsaturated/α-hetero) is 1. The van der Waals surface area contributed by atoms with Crippen LogP contribution in [-0.4, -0.2) is 60.6 Å². The fourth-order valence-corrected chi connectivity index (χ4v) is 9.36. The summed E-state index contributed by atoms with van der Waals surface area (Å²) in [5, 5.41) is 11.4. The lowest BCUT2D eigenvalue weighted by atomic mass is 9.48. The van der Waals surface area contributed by atoms with E-state index in [1.807, 2.05) is 0 Å². The van der Waals surface area contributed by atoms with Gasteiger partial charge in [-0.25, -0.2) is 0 Å². The number of aliphatic hydroxyl groups is 1. The topological polar surface area (TPSA) is 62.1 Å². The minimum absolute atomic E-state index is 0.000953. The predicted octanol–water partition coefficient (Wildman–Crippen LogP) is 7.08. The Hall–Kier alpha value is -1.20. The molecule has 39 heavy (non-hydrogen) atoms. The maximum Gasteiger partial charge on any atom is 0.186 e. The molecule has 0 unspecified atom stereocenters. The number of rotatable bonds is 9. The lowest BCUT2D eigenvalue weighted by Gasteiger charge is -2.56. The van der Waals surface area contributed by atoms with Crippen molar-refractivity contribution < 1.29 is 14.6 Å². The Kier molecular flexibility index (Phi) is 9.43. The predicted molar refractivity (Wildman–Crippen MR) is 161 cm³/mol. The minimum Gasteiger partial charge on any atom is -0.480 e. The lowest BCUT2D eigenvalue weighted by molar-refractivity contribution is -0.146. The molecule has 0 aromatic carbocycles. The molecule has 0 radical (unpaired) electrons. The van der Waals surface area contributed by atoms with Gasteiger partial charge in [0.15, 0.2) is 5.90 Å². The van der Waals surface area contributed by atoms with Crippen molar-refractivity contribution >= 4 is 11.7 Å². The van der Waals surface area contributed by atoms with Crippen molar-refractivity contribution in [3.05, 3.63) is 12.2 Å². The van der Waals surface area contributed by atoms with Crippen LogP contribution < -0.4 is 0 Å². The Labute approximate surface area is 239 Å². The minimum atomic E-state index is -0.361. The molecule has 4 rings (SSSR count). The second-order valence-electron chi connectivity index (χ2n) is 14.8. The van der Waals surface area contributed by atoms with Crippen molar-refractivity contribution in [3.8, 4) is 0 Å². The molecular formula is C34H58N2O3. The van der Waals surface area contributed by atoms with Crippen LogP contribution in [0, 0.1) is 39.9 Å². The summed E-state index contributed by atoms with van der Waals surface area (Å²) < 4.78 is 6.44. The standard InChI is InChI=1S/C34H58N2O3/c1-9-10-18-29-32(4,22-39-31(35-29)25-15-12-11-13-16-25)19-14-17-26-23(2)27(37)20-34(6)30(24(3)36(7)8)28(38)21-33(26,34)5/h9-10,23-26,28-30,38H,11-22H2,1-8H3/b10-9+/t23-,24+,26-,28-,29+,30+,32-,33+,34-/m1/s1. The molecular weight excluding hydrogens is 484 g/mol. The Balaban J connectivity index is 1.51. The number of carbonyl (C=O) groups is 1. The van der Waals surface area contributed by atoms with Crippen molar-refractivity contribution in [1.29, 1.82) is 0 Å². The molecule has 3 saturated carbocycles. The normalized spacial score (nSPS) is 42.5. The molecule has 9 atom stereocenters. The molecule has 0 spiro atoms. The van der Waals surface area contributed by atoms with Crippen molar-refractivity contribution in [2.24, 2.45) is 44.9 Å². The zero-order chi connectivity index (χ0) is 28.6. The number of aliphatic hydroxyl groups excluding tert-OH is 1. The summed E-state index contributed by atoms with van der Waals surface area (Å²) >= 11 is 0. The number of fused-ring (bicyclic) bond motifs is 1. The monoisotopic (exact) mass is 542 g/mol. The van der Waals surface area contributed by atoms with Gasteiger partial charge in [-0.2, -0.15) is 0 Å². The van der Waals surface area contributed by atoms with Gasteiger partial charge in [0, 0.05) is 35.6 Å². The molecule has 5 nitrogen and oxygen atoms in total. The molecule has 0 saturated heterocycles. The maximum atomic E-state index is 13.5. The number of carbonyl (C=O) groups excluding carboxylic acids is 1. The van der Waals surface area contributed by atoms with Gasteiger partial charge in [-0.1, -0.05) is 65.5 Å². The molecule has 5 heteroatoms. The van der Waals surface area contributed by atoms with E-state index < -0.39 is 0 Å². The fraction of sp³-hybridized carbons (Fsp3) is 0.882. The number of ketones is 1. The Morgan fingerprint density at radius 3 is 2.49 bits per heavy atom. The van der Waals surface area contributed by atoms with Crippen LogP contribution in [0.5, 0.6) is 0 Å². The van der Waals surface area contributed by atoms with Gasteiger partial charge in [-0.15, -0.1) is 0 Å². The third-order valence-corrected chi connectivity index (χ3v) is 12.3. The second-order valence-corrected chi connectivity index (χ2v) is 14.8. The van der Waals surface area contributed by atoms with E-state index in [1.165, 1.54) is 32.1 Å². The van der Waals surface area contributed by atoms with Gasteiger partial charge < -0.3 is 14.7 Å². The summed E-state index contributed by atoms with van der Waals surface area (Å²) in [6.45, 7) is 14.3. The summed E-state index contributed by atoms with van der Waals surface area (Å²) in [5.41, 5.74) is -0.230. The average Bonchev–Trinajstić information content (AvgIpc) is 3.10. The van der Waals surface area contributed by atoms with E-state index in [1.54, 1.807) is 0 Å². The Morgan fingerprint density at radius 2 is 1.85 bits per heavy atom. The van der Waals surface area contributed by atoms with Gasteiger partial charge in [0.2, 0.25) is 0 Å². The number of hydrogen-bond donors (Lipinski definition) is 1. The van der Waals surface area contributed by atoms with E-state index in [4.69, 9.17) is 9.73 Å². The van der Waals surface area contributed by atoms with Crippen molar-refractivity contribution in [2.75, 3.05) is 20.7 Å². The first kappa shape index (κ1) is 30.8. The molecule has 0 aromatic rings. The van der Waals surface area contributed by atoms with Crippen LogP contribution in [0.25, 0.3) is 0 Å². The molecule has 4 aliphatic rings. The van der Waals surface area contributed by atoms with Crippen molar-refractivity contribution in [3.63, 3.8) is 0 Å². The molecule has 0 amide bonds. The summed E-state index contributed by atoms with van der Waals surface area (Å²) in [6.07, 6.45) is 15.9. The van der Waals surface area contributed by atoms with Gasteiger partial charge in [0.1, 0.15) is 5.78 Å². The van der Waals surface area contributed by atoms with Crippen LogP contribution >= 0.6 is 0 Å². The van der Waals surface area contributed by atoms with E-state index in [0.29, 0.717) is 24.0 Å². The highest BCUT2D eigenvalue weighted by molar-refractivity contribution is 5.83. The SMILES string of the molecule is C/C=C/C[C@@H]1N=C(C2CCCCC2)OC[C@@]1(C)CCC[C@@H]1[C@@H](C)C(=O)C[C@]2(C)[C@@H]([C@H](C)N(C)C)[C@H](O)C[C@@]12C. The highest BCUT2D eigenvalue weighted by Gasteiger charge is 2.66. The zero-order valence-corrected chi connectivity index (χ0v) is 26.3. The molecule has 3 aliphatic carbocycles. The first-order valence-electron chi connectivity index (χ1n) is 16.1. The number of ether oxygens (including phenoxy) is 1. The first-order chi connectivity index (χ1) is 18.4. The number of allylic oxidation sites excluding steroid dienone is 1. The molecule has 1 N–H and O–H groups in total. The first-order valence-corrected chi connectivity index (χ1v) is 16.1. The molecule has 1 heterocycles. The largest absolute Gasteiger partial charge is 0.480 e. The Bertz CT molecular complexity index is 923. The van der Waals surface area contributed by atoms with Gasteiger partial charge >= 0.3 is 0 Å². The summed E-state index contributed by atoms with van der Waals surface area (Å²) in [4.78, 5) is 21.0. The van der Waals surface area contributed by atoms with Crippen LogP contribution in [0.3, 0.4) is 0 Å². The van der Waals surface area contributed by atoms with E-state index in [9.17, 15) is 9.90 Å². The van der Waals surface area contributed by atoms with Gasteiger partial charge in [0.05, 0.1) is 18.8 Å². The van der Waals surface area contributed by atoms with Gasteiger partial charge in [-0.05, 0) is 83.2 Å². The van der Waals surface area contributed by atoms with E-state index in [-0.39, 0.29) is 46.3 Å². The third-order valence-electron chi connectivity index (χ3n) is 12.3. The Morgan fingerprint density at radius 1 is 1.15 bits per heavy atom. The van der Waals surface area contributed by atoms with Gasteiger partial charge in [0.25, 0.3) is 0 Å². The number of hydrogen-bond acceptors (Lipinski definition) is 5. The summed E-state index contributed by atoms with van der Waals surface area (Å²) in [5.74, 6) is 2.38. The third kappa shape index (κ3) is 5.65. The number of nitrogens with zero attached hydrogens (tertiary/aromatic N) is 2. The molecule has 1 aliphatic heterocycles. The van der Waals surface area contributed by atoms with E-state index >= 15 is 0 Å². The van der Waals surface area contributed by atoms with E-state index in [0.717, 1.165) is 44.6 Å². The average molecular weight is 543 g/mol. The fourth-order valence-electron chi connectivity index (χ4n) is 9.36. The lowest BCUT2D eigenvalue weighted by Crippen LogP contribution is -2.55. The quantitative estimate of drug-likeness (QED) is 0.316. The van der Waals surface area contributed by atoms with Crippen molar-refractivity contribution in [2.45, 2.75) is 130 Å². The van der Waals surface area contributed by atoms with Crippen LogP contribution in [0.4, 0.5) is 0 Å². The van der Waals surface area contributed by atoms with Gasteiger partial charge in [-0.3, -0.25) is 9.79 Å². The molecule has 0 bridgehead atoms. The van der Waals surface area contributed by atoms with E-state index in [2.05, 4.69) is 72.7 Å². The molecule has 222 valence electrons. The molecule has 0 aromatic heterocycles. The summed E-state index contributed by atoms with van der Waals surface area (Å²) in [7, 11) is 4.20. The highest BCUT2D eigenvalue weighted by Crippen LogP contribution is 2.67. The smallest absolute Gasteiger partial charge is 0.186 e. The highest BCUT2D eigenvalue weighted by atomic mass is 16.5. The van der Waals surface area contributed by atoms with Crippen LogP contribution in [0.2, 0.25) is 0 Å². The zero-order valence-electron chi connectivity index (χ0n) is 26.3. The number of aliphatic imine (C=N–C) groups is 1. The van der Waals surface area contributed by atoms with Crippen LogP contribution in [-0.2, 0) is 9.53 Å². The van der Waals surface area contributed by atoms with Crippen LogP contribution in [0.15, 0.2) is 17.1 Å². The van der Waals surface area contributed by atoms with Crippen LogP contribution in [0.1, 0.15) is 112 Å². The van der Waals surface area contributed by atoms with Crippen molar-refractivity contribution in [1.82, 2.24) is 4.90 Å². The summed E-state index contributed by atoms with van der Waals surface area (Å²) in [6, 6.07) is 0.486.